The van der Waals surface area contributed by atoms with Crippen LogP contribution >= 0.6 is 0 Å². The summed E-state index contributed by atoms with van der Waals surface area (Å²) in [6.45, 7) is 0.198. The van der Waals surface area contributed by atoms with Crippen LogP contribution in [0.15, 0.2) is 48.8 Å². The quantitative estimate of drug-likeness (QED) is 0.759. The Morgan fingerprint density at radius 2 is 1.68 bits per heavy atom. The summed E-state index contributed by atoms with van der Waals surface area (Å²) < 4.78 is 0. The van der Waals surface area contributed by atoms with E-state index in [0.29, 0.717) is 5.56 Å². The second kappa shape index (κ2) is 6.51. The zero-order valence-corrected chi connectivity index (χ0v) is 10.3. The number of nitrogens with one attached hydrogen (secondary N) is 2. The first-order chi connectivity index (χ1) is 9.29. The molecule has 0 spiro atoms. The van der Waals surface area contributed by atoms with E-state index in [2.05, 4.69) is 15.6 Å². The summed E-state index contributed by atoms with van der Waals surface area (Å²) in [6, 6.07) is 10.8. The molecule has 3 N–H and O–H groups in total. The third kappa shape index (κ3) is 3.79. The van der Waals surface area contributed by atoms with Gasteiger partial charge in [0.2, 0.25) is 0 Å². The highest BCUT2D eigenvalue weighted by atomic mass is 16.3. The number of benzene rings is 1. The number of aliphatic hydroxyl groups is 1. The topological polar surface area (TPSA) is 74.2 Å². The van der Waals surface area contributed by atoms with Crippen LogP contribution in [-0.4, -0.2) is 29.1 Å². The lowest BCUT2D eigenvalue weighted by Crippen LogP contribution is -2.26. The monoisotopic (exact) mass is 257 g/mol. The van der Waals surface area contributed by atoms with E-state index in [4.69, 9.17) is 5.11 Å². The van der Waals surface area contributed by atoms with Crippen molar-refractivity contribution in [3.63, 3.8) is 0 Å². The van der Waals surface area contributed by atoms with Gasteiger partial charge in [0.15, 0.2) is 0 Å². The minimum absolute atomic E-state index is 0.0621. The summed E-state index contributed by atoms with van der Waals surface area (Å²) in [5, 5.41) is 14.4. The molecule has 0 saturated carbocycles. The number of rotatable bonds is 5. The first kappa shape index (κ1) is 13.0. The highest BCUT2D eigenvalue weighted by Gasteiger charge is 2.04. The Morgan fingerprint density at radius 3 is 2.32 bits per heavy atom. The van der Waals surface area contributed by atoms with Crippen LogP contribution in [0, 0.1) is 0 Å². The third-order valence-electron chi connectivity index (χ3n) is 2.51. The maximum atomic E-state index is 11.6. The Kier molecular flexibility index (Phi) is 4.47. The first-order valence-electron chi connectivity index (χ1n) is 5.96. The van der Waals surface area contributed by atoms with Gasteiger partial charge in [0.05, 0.1) is 6.61 Å². The number of carbonyl (C=O) groups is 1. The summed E-state index contributed by atoms with van der Waals surface area (Å²) in [5.41, 5.74) is 2.39. The minimum Gasteiger partial charge on any atom is -0.395 e. The lowest BCUT2D eigenvalue weighted by atomic mass is 10.2. The molecule has 1 amide bonds. The molecular weight excluding hydrogens is 242 g/mol. The van der Waals surface area contributed by atoms with Crippen LogP contribution in [0.3, 0.4) is 0 Å². The average Bonchev–Trinajstić information content (AvgIpc) is 2.46. The molecule has 0 fully saturated rings. The number of hydrogen-bond donors (Lipinski definition) is 3. The molecule has 2 aromatic rings. The van der Waals surface area contributed by atoms with Gasteiger partial charge in [-0.15, -0.1) is 0 Å². The Bertz CT molecular complexity index is 526. The van der Waals surface area contributed by atoms with Gasteiger partial charge in [-0.25, -0.2) is 0 Å². The zero-order valence-electron chi connectivity index (χ0n) is 10.3. The molecule has 0 aliphatic carbocycles. The molecule has 5 nitrogen and oxygen atoms in total. The molecule has 0 unspecified atom stereocenters. The molecule has 98 valence electrons. The van der Waals surface area contributed by atoms with Gasteiger partial charge in [-0.05, 0) is 36.4 Å². The molecule has 0 radical (unpaired) electrons. The SMILES string of the molecule is O=C(NCCO)c1ccc(Nc2ccncc2)cc1. The van der Waals surface area contributed by atoms with Gasteiger partial charge in [0, 0.05) is 35.9 Å². The van der Waals surface area contributed by atoms with E-state index < -0.39 is 0 Å². The van der Waals surface area contributed by atoms with E-state index in [1.54, 1.807) is 24.5 Å². The van der Waals surface area contributed by atoms with Crippen molar-refractivity contribution in [3.8, 4) is 0 Å². The van der Waals surface area contributed by atoms with E-state index in [1.807, 2.05) is 24.3 Å². The predicted molar refractivity (Wildman–Crippen MR) is 73.4 cm³/mol. The number of hydrogen-bond acceptors (Lipinski definition) is 4. The maximum Gasteiger partial charge on any atom is 0.251 e. The number of pyridine rings is 1. The normalized spacial score (nSPS) is 9.95. The van der Waals surface area contributed by atoms with Crippen molar-refractivity contribution >= 4 is 17.3 Å². The summed E-state index contributed by atoms with van der Waals surface area (Å²) in [5.74, 6) is -0.190. The molecule has 0 aliphatic heterocycles. The molecular formula is C14H15N3O2. The van der Waals surface area contributed by atoms with E-state index in [0.717, 1.165) is 11.4 Å². The third-order valence-corrected chi connectivity index (χ3v) is 2.51. The smallest absolute Gasteiger partial charge is 0.251 e. The largest absolute Gasteiger partial charge is 0.395 e. The fraction of sp³-hybridized carbons (Fsp3) is 0.143. The Balaban J connectivity index is 2.00. The molecule has 1 aromatic heterocycles. The van der Waals surface area contributed by atoms with Crippen molar-refractivity contribution < 1.29 is 9.90 Å². The van der Waals surface area contributed by atoms with Gasteiger partial charge in [-0.3, -0.25) is 9.78 Å². The lowest BCUT2D eigenvalue weighted by molar-refractivity contribution is 0.0945. The van der Waals surface area contributed by atoms with Crippen LogP contribution < -0.4 is 10.6 Å². The van der Waals surface area contributed by atoms with Crippen LogP contribution in [0.2, 0.25) is 0 Å². The lowest BCUT2D eigenvalue weighted by Gasteiger charge is -2.07. The predicted octanol–water partition coefficient (Wildman–Crippen LogP) is 1.55. The number of anilines is 2. The molecule has 0 saturated heterocycles. The van der Waals surface area contributed by atoms with Crippen molar-refractivity contribution in [2.45, 2.75) is 0 Å². The fourth-order valence-electron chi connectivity index (χ4n) is 1.58. The average molecular weight is 257 g/mol. The standard InChI is InChI=1S/C14H15N3O2/c18-10-9-16-14(19)11-1-3-12(4-2-11)17-13-5-7-15-8-6-13/h1-8,18H,9-10H2,(H,15,17)(H,16,19). The second-order valence-corrected chi connectivity index (χ2v) is 3.92. The Morgan fingerprint density at radius 1 is 1.05 bits per heavy atom. The molecule has 0 atom stereocenters. The first-order valence-corrected chi connectivity index (χ1v) is 5.96. The highest BCUT2D eigenvalue weighted by Crippen LogP contribution is 2.15. The van der Waals surface area contributed by atoms with E-state index >= 15 is 0 Å². The molecule has 0 aliphatic rings. The van der Waals surface area contributed by atoms with Gasteiger partial charge in [0.25, 0.3) is 5.91 Å². The summed E-state index contributed by atoms with van der Waals surface area (Å²) >= 11 is 0. The van der Waals surface area contributed by atoms with Crippen LogP contribution in [-0.2, 0) is 0 Å². The molecule has 19 heavy (non-hydrogen) atoms. The van der Waals surface area contributed by atoms with Crippen LogP contribution in [0.25, 0.3) is 0 Å². The molecule has 1 aromatic carbocycles. The van der Waals surface area contributed by atoms with Crippen LogP contribution in [0.4, 0.5) is 11.4 Å². The molecule has 1 heterocycles. The van der Waals surface area contributed by atoms with Crippen molar-refractivity contribution in [2.24, 2.45) is 0 Å². The number of nitrogens with zero attached hydrogens (tertiary/aromatic N) is 1. The summed E-state index contributed by atoms with van der Waals surface area (Å²) in [4.78, 5) is 15.6. The van der Waals surface area contributed by atoms with Crippen molar-refractivity contribution in [3.05, 3.63) is 54.4 Å². The number of aliphatic hydroxyl groups excluding tert-OH is 1. The van der Waals surface area contributed by atoms with Gasteiger partial charge in [-0.1, -0.05) is 0 Å². The Labute approximate surface area is 111 Å². The minimum atomic E-state index is -0.190. The van der Waals surface area contributed by atoms with E-state index in [9.17, 15) is 4.79 Å². The maximum absolute atomic E-state index is 11.6. The van der Waals surface area contributed by atoms with E-state index in [-0.39, 0.29) is 19.1 Å². The van der Waals surface area contributed by atoms with Gasteiger partial charge < -0.3 is 15.7 Å². The van der Waals surface area contributed by atoms with Gasteiger partial charge >= 0.3 is 0 Å². The highest BCUT2D eigenvalue weighted by molar-refractivity contribution is 5.94. The van der Waals surface area contributed by atoms with Crippen molar-refractivity contribution in [1.82, 2.24) is 10.3 Å². The number of aromatic nitrogens is 1. The van der Waals surface area contributed by atoms with Gasteiger partial charge in [0.1, 0.15) is 0 Å². The Hall–Kier alpha value is -2.40. The van der Waals surface area contributed by atoms with Crippen LogP contribution in [0.5, 0.6) is 0 Å². The van der Waals surface area contributed by atoms with Crippen molar-refractivity contribution in [2.75, 3.05) is 18.5 Å². The fourth-order valence-corrected chi connectivity index (χ4v) is 1.58. The molecule has 5 heteroatoms. The van der Waals surface area contributed by atoms with E-state index in [1.165, 1.54) is 0 Å². The number of amides is 1. The summed E-state index contributed by atoms with van der Waals surface area (Å²) in [6.07, 6.45) is 3.41. The zero-order chi connectivity index (χ0) is 13.5. The van der Waals surface area contributed by atoms with Crippen molar-refractivity contribution in [1.29, 1.82) is 0 Å². The molecule has 2 rings (SSSR count). The van der Waals surface area contributed by atoms with Gasteiger partial charge in [-0.2, -0.15) is 0 Å². The molecule has 0 bridgehead atoms. The number of carbonyl (C=O) groups excluding carboxylic acids is 1. The summed E-state index contributed by atoms with van der Waals surface area (Å²) in [7, 11) is 0. The van der Waals surface area contributed by atoms with Crippen LogP contribution in [0.1, 0.15) is 10.4 Å². The second-order valence-electron chi connectivity index (χ2n) is 3.92.